The third kappa shape index (κ3) is 3.14. The standard InChI is InChI=1S/C20H21N3O4S/c1-21-16-6-4-15-12-17(7-5-14(15)11-16)28(26,27)23-10-9-22-8-2-3-18(22)19(23)13-20(24)25/h2-8,11-12,19,21H,9-10,13H2,1H3,(H,24,25). The molecule has 0 spiro atoms. The minimum absolute atomic E-state index is 0.174. The van der Waals surface area contributed by atoms with Crippen LogP contribution in [-0.4, -0.2) is 42.0 Å². The number of anilines is 1. The lowest BCUT2D eigenvalue weighted by molar-refractivity contribution is -0.138. The van der Waals surface area contributed by atoms with Gasteiger partial charge in [-0.1, -0.05) is 12.1 Å². The van der Waals surface area contributed by atoms with Gasteiger partial charge in [-0.15, -0.1) is 0 Å². The van der Waals surface area contributed by atoms with Gasteiger partial charge in [0.05, 0.1) is 17.4 Å². The number of aliphatic carboxylic acids is 1. The maximum Gasteiger partial charge on any atom is 0.305 e. The SMILES string of the molecule is CNc1ccc2cc(S(=O)(=O)N3CCn4cccc4C3CC(=O)O)ccc2c1. The molecule has 1 unspecified atom stereocenters. The first-order valence-electron chi connectivity index (χ1n) is 9.00. The van der Waals surface area contributed by atoms with Crippen LogP contribution < -0.4 is 5.32 Å². The van der Waals surface area contributed by atoms with Crippen molar-refractivity contribution in [1.82, 2.24) is 8.87 Å². The normalized spacial score (nSPS) is 17.4. The summed E-state index contributed by atoms with van der Waals surface area (Å²) in [4.78, 5) is 11.6. The summed E-state index contributed by atoms with van der Waals surface area (Å²) in [6.07, 6.45) is 1.58. The Kier molecular flexibility index (Phi) is 4.60. The molecule has 0 aliphatic carbocycles. The Hall–Kier alpha value is -2.84. The number of carboxylic acid groups (broad SMARTS) is 1. The van der Waals surface area contributed by atoms with Crippen LogP contribution >= 0.6 is 0 Å². The fourth-order valence-corrected chi connectivity index (χ4v) is 5.40. The summed E-state index contributed by atoms with van der Waals surface area (Å²) in [5.74, 6) is -1.03. The third-order valence-electron chi connectivity index (χ3n) is 5.19. The summed E-state index contributed by atoms with van der Waals surface area (Å²) in [5, 5.41) is 14.1. The van der Waals surface area contributed by atoms with Crippen LogP contribution in [0.25, 0.3) is 10.8 Å². The second-order valence-corrected chi connectivity index (χ2v) is 8.72. The number of fused-ring (bicyclic) bond motifs is 2. The van der Waals surface area contributed by atoms with Crippen molar-refractivity contribution in [3.8, 4) is 0 Å². The second-order valence-electron chi connectivity index (χ2n) is 6.83. The summed E-state index contributed by atoms with van der Waals surface area (Å²) in [6, 6.07) is 13.6. The zero-order valence-corrected chi connectivity index (χ0v) is 16.2. The monoisotopic (exact) mass is 399 g/mol. The molecule has 3 aromatic rings. The molecule has 28 heavy (non-hydrogen) atoms. The Morgan fingerprint density at radius 2 is 1.89 bits per heavy atom. The van der Waals surface area contributed by atoms with Crippen LogP contribution in [-0.2, 0) is 21.4 Å². The summed E-state index contributed by atoms with van der Waals surface area (Å²) in [5.41, 5.74) is 1.65. The Labute approximate surface area is 163 Å². The van der Waals surface area contributed by atoms with Crippen LogP contribution in [0.15, 0.2) is 59.6 Å². The molecule has 0 radical (unpaired) electrons. The highest BCUT2D eigenvalue weighted by Crippen LogP contribution is 2.34. The molecule has 0 bridgehead atoms. The fourth-order valence-electron chi connectivity index (χ4n) is 3.78. The van der Waals surface area contributed by atoms with E-state index >= 15 is 0 Å². The number of rotatable bonds is 5. The van der Waals surface area contributed by atoms with E-state index in [1.165, 1.54) is 4.31 Å². The summed E-state index contributed by atoms with van der Waals surface area (Å²) in [7, 11) is -2.02. The van der Waals surface area contributed by atoms with Crippen LogP contribution in [0.4, 0.5) is 5.69 Å². The molecule has 1 aliphatic rings. The van der Waals surface area contributed by atoms with Crippen molar-refractivity contribution in [2.75, 3.05) is 18.9 Å². The largest absolute Gasteiger partial charge is 0.481 e. The van der Waals surface area contributed by atoms with E-state index in [9.17, 15) is 18.3 Å². The molecule has 0 saturated heterocycles. The first-order chi connectivity index (χ1) is 13.4. The summed E-state index contributed by atoms with van der Waals surface area (Å²) >= 11 is 0. The zero-order valence-electron chi connectivity index (χ0n) is 15.4. The molecule has 146 valence electrons. The summed E-state index contributed by atoms with van der Waals surface area (Å²) in [6.45, 7) is 0.732. The van der Waals surface area contributed by atoms with Gasteiger partial charge in [-0.05, 0) is 47.2 Å². The number of hydrogen-bond donors (Lipinski definition) is 2. The molecule has 0 fully saturated rings. The Morgan fingerprint density at radius 3 is 2.64 bits per heavy atom. The number of nitrogens with one attached hydrogen (secondary N) is 1. The number of benzene rings is 2. The van der Waals surface area contributed by atoms with Crippen molar-refractivity contribution in [2.45, 2.75) is 23.9 Å². The quantitative estimate of drug-likeness (QED) is 0.688. The highest BCUT2D eigenvalue weighted by Gasteiger charge is 2.37. The minimum Gasteiger partial charge on any atom is -0.481 e. The number of carbonyl (C=O) groups is 1. The first kappa shape index (κ1) is 18.5. The van der Waals surface area contributed by atoms with E-state index in [2.05, 4.69) is 5.32 Å². The van der Waals surface area contributed by atoms with Gasteiger partial charge < -0.3 is 15.0 Å². The molecule has 2 N–H and O–H groups in total. The van der Waals surface area contributed by atoms with E-state index < -0.39 is 22.0 Å². The molecule has 0 saturated carbocycles. The van der Waals surface area contributed by atoms with Crippen molar-refractivity contribution in [3.05, 3.63) is 60.4 Å². The molecule has 2 aromatic carbocycles. The first-order valence-corrected chi connectivity index (χ1v) is 10.4. The molecule has 2 heterocycles. The molecule has 4 rings (SSSR count). The van der Waals surface area contributed by atoms with Crippen LogP contribution in [0.2, 0.25) is 0 Å². The van der Waals surface area contributed by atoms with Crippen molar-refractivity contribution >= 4 is 32.5 Å². The number of nitrogens with zero attached hydrogens (tertiary/aromatic N) is 2. The van der Waals surface area contributed by atoms with Gasteiger partial charge in [0, 0.05) is 37.7 Å². The third-order valence-corrected chi connectivity index (χ3v) is 7.09. The van der Waals surface area contributed by atoms with Gasteiger partial charge in [0.1, 0.15) is 0 Å². The highest BCUT2D eigenvalue weighted by molar-refractivity contribution is 7.89. The average Bonchev–Trinajstić information content (AvgIpc) is 3.16. The fraction of sp³-hybridized carbons (Fsp3) is 0.250. The van der Waals surface area contributed by atoms with E-state index in [1.807, 2.05) is 42.1 Å². The lowest BCUT2D eigenvalue weighted by Crippen LogP contribution is -2.42. The number of hydrogen-bond acceptors (Lipinski definition) is 4. The van der Waals surface area contributed by atoms with Crippen molar-refractivity contribution < 1.29 is 18.3 Å². The molecule has 0 amide bonds. The number of carboxylic acids is 1. The van der Waals surface area contributed by atoms with Crippen LogP contribution in [0.5, 0.6) is 0 Å². The van der Waals surface area contributed by atoms with E-state index in [4.69, 9.17) is 0 Å². The minimum atomic E-state index is -3.84. The lowest BCUT2D eigenvalue weighted by Gasteiger charge is -2.35. The Balaban J connectivity index is 1.76. The predicted molar refractivity (Wildman–Crippen MR) is 107 cm³/mol. The second kappa shape index (κ2) is 6.96. The van der Waals surface area contributed by atoms with E-state index in [0.717, 1.165) is 16.5 Å². The molecule has 7 nitrogen and oxygen atoms in total. The van der Waals surface area contributed by atoms with Crippen molar-refractivity contribution in [3.63, 3.8) is 0 Å². The van der Waals surface area contributed by atoms with Gasteiger partial charge in [-0.25, -0.2) is 8.42 Å². The van der Waals surface area contributed by atoms with E-state index in [1.54, 1.807) is 24.3 Å². The molecular weight excluding hydrogens is 378 g/mol. The van der Waals surface area contributed by atoms with Crippen LogP contribution in [0.3, 0.4) is 0 Å². The van der Waals surface area contributed by atoms with Crippen molar-refractivity contribution in [1.29, 1.82) is 0 Å². The topological polar surface area (TPSA) is 91.6 Å². The smallest absolute Gasteiger partial charge is 0.305 e. The van der Waals surface area contributed by atoms with Gasteiger partial charge in [-0.3, -0.25) is 4.79 Å². The maximum absolute atomic E-state index is 13.4. The molecule has 1 atom stereocenters. The van der Waals surface area contributed by atoms with E-state index in [0.29, 0.717) is 12.2 Å². The zero-order chi connectivity index (χ0) is 19.9. The summed E-state index contributed by atoms with van der Waals surface area (Å²) < 4.78 is 30.0. The maximum atomic E-state index is 13.4. The molecular formula is C20H21N3O4S. The number of aromatic nitrogens is 1. The Bertz CT molecular complexity index is 1150. The van der Waals surface area contributed by atoms with Gasteiger partial charge in [-0.2, -0.15) is 4.31 Å². The van der Waals surface area contributed by atoms with Gasteiger partial charge in [0.2, 0.25) is 10.0 Å². The molecule has 1 aliphatic heterocycles. The average molecular weight is 399 g/mol. The Morgan fingerprint density at radius 1 is 1.14 bits per heavy atom. The van der Waals surface area contributed by atoms with Crippen LogP contribution in [0.1, 0.15) is 18.2 Å². The lowest BCUT2D eigenvalue weighted by atomic mass is 10.1. The van der Waals surface area contributed by atoms with E-state index in [-0.39, 0.29) is 17.9 Å². The molecule has 8 heteroatoms. The number of sulfonamides is 1. The highest BCUT2D eigenvalue weighted by atomic mass is 32.2. The van der Waals surface area contributed by atoms with Gasteiger partial charge in [0.15, 0.2) is 0 Å². The van der Waals surface area contributed by atoms with Crippen LogP contribution in [0, 0.1) is 0 Å². The van der Waals surface area contributed by atoms with Gasteiger partial charge in [0.25, 0.3) is 0 Å². The molecule has 1 aromatic heterocycles. The predicted octanol–water partition coefficient (Wildman–Crippen LogP) is 2.90. The van der Waals surface area contributed by atoms with Crippen molar-refractivity contribution in [2.24, 2.45) is 0 Å². The van der Waals surface area contributed by atoms with Gasteiger partial charge >= 0.3 is 5.97 Å².